The summed E-state index contributed by atoms with van der Waals surface area (Å²) in [5, 5.41) is 0. The second kappa shape index (κ2) is 15.6. The van der Waals surface area contributed by atoms with Gasteiger partial charge in [-0.05, 0) is 74.2 Å². The summed E-state index contributed by atoms with van der Waals surface area (Å²) < 4.78 is 21.4. The molecule has 0 aromatic heterocycles. The molecule has 0 saturated carbocycles. The molecule has 0 aliphatic heterocycles. The lowest BCUT2D eigenvalue weighted by Crippen LogP contribution is -2.10. The fourth-order valence-corrected chi connectivity index (χ4v) is 3.50. The quantitative estimate of drug-likeness (QED) is 0.0872. The number of carbonyl (C=O) groups excluding carboxylic acids is 4. The van der Waals surface area contributed by atoms with E-state index in [1.54, 1.807) is 36.4 Å². The maximum Gasteiger partial charge on any atom is 0.338 e. The zero-order chi connectivity index (χ0) is 34.0. The lowest BCUT2D eigenvalue weighted by atomic mass is 10.1. The van der Waals surface area contributed by atoms with Gasteiger partial charge in [0.1, 0.15) is 23.0 Å². The molecule has 0 atom stereocenters. The minimum atomic E-state index is -0.606. The first-order valence-electron chi connectivity index (χ1n) is 14.0. The molecule has 0 unspecified atom stereocenters. The fraction of sp³-hybridized carbons (Fsp3) is 0.105. The van der Waals surface area contributed by atoms with Gasteiger partial charge >= 0.3 is 23.9 Å². The number of ether oxygens (including phenoxy) is 4. The van der Waals surface area contributed by atoms with Crippen LogP contribution >= 0.6 is 0 Å². The van der Waals surface area contributed by atoms with E-state index in [1.165, 1.54) is 39.8 Å². The Labute approximate surface area is 268 Å². The highest BCUT2D eigenvalue weighted by molar-refractivity contribution is 5.91. The normalized spacial score (nSPS) is 10.7. The van der Waals surface area contributed by atoms with E-state index in [4.69, 9.17) is 18.9 Å². The molecular formula is C38H34O8. The van der Waals surface area contributed by atoms with Crippen molar-refractivity contribution >= 4 is 48.2 Å². The predicted octanol–water partition coefficient (Wildman–Crippen LogP) is 7.95. The van der Waals surface area contributed by atoms with E-state index in [-0.39, 0.29) is 45.3 Å². The lowest BCUT2D eigenvalue weighted by Gasteiger charge is -2.09. The van der Waals surface area contributed by atoms with Crippen LogP contribution in [-0.4, -0.2) is 23.9 Å². The maximum atomic E-state index is 12.1. The Bertz CT molecular complexity index is 1580. The monoisotopic (exact) mass is 618 g/mol. The minimum absolute atomic E-state index is 0.191. The van der Waals surface area contributed by atoms with E-state index in [0.717, 1.165) is 11.1 Å². The summed E-state index contributed by atoms with van der Waals surface area (Å²) in [7, 11) is 0. The van der Waals surface area contributed by atoms with E-state index >= 15 is 0 Å². The molecule has 0 bridgehead atoms. The van der Waals surface area contributed by atoms with Gasteiger partial charge in [0, 0.05) is 34.4 Å². The summed E-state index contributed by atoms with van der Waals surface area (Å²) in [6.07, 6.45) is 7.26. The Morgan fingerprint density at radius 2 is 0.630 bits per heavy atom. The lowest BCUT2D eigenvalue weighted by molar-refractivity contribution is -0.131. The van der Waals surface area contributed by atoms with Gasteiger partial charge in [-0.25, -0.2) is 19.2 Å². The van der Waals surface area contributed by atoms with Crippen molar-refractivity contribution in [1.82, 2.24) is 0 Å². The third-order valence-electron chi connectivity index (χ3n) is 5.91. The molecule has 0 fully saturated rings. The zero-order valence-electron chi connectivity index (χ0n) is 26.2. The van der Waals surface area contributed by atoms with Crippen LogP contribution in [0.4, 0.5) is 0 Å². The summed E-state index contributed by atoms with van der Waals surface area (Å²) >= 11 is 0. The second-order valence-electron chi connectivity index (χ2n) is 10.5. The summed E-state index contributed by atoms with van der Waals surface area (Å²) in [4.78, 5) is 48.3. The molecule has 0 amide bonds. The molecular weight excluding hydrogens is 584 g/mol. The molecule has 3 aromatic carbocycles. The average molecular weight is 619 g/mol. The largest absolute Gasteiger partial charge is 0.423 e. The second-order valence-corrected chi connectivity index (χ2v) is 10.5. The van der Waals surface area contributed by atoms with Gasteiger partial charge in [0.05, 0.1) is 0 Å². The fourth-order valence-electron chi connectivity index (χ4n) is 3.50. The van der Waals surface area contributed by atoms with Crippen molar-refractivity contribution in [1.29, 1.82) is 0 Å². The Kier molecular flexibility index (Phi) is 11.7. The first kappa shape index (κ1) is 34.5. The van der Waals surface area contributed by atoms with Gasteiger partial charge in [-0.2, -0.15) is 0 Å². The van der Waals surface area contributed by atoms with Crippen LogP contribution in [0.5, 0.6) is 23.0 Å². The molecule has 8 nitrogen and oxygen atoms in total. The highest BCUT2D eigenvalue weighted by Crippen LogP contribution is 2.27. The highest BCUT2D eigenvalue weighted by Gasteiger charge is 2.13. The summed E-state index contributed by atoms with van der Waals surface area (Å²) in [6.45, 7) is 20.5. The van der Waals surface area contributed by atoms with Crippen molar-refractivity contribution in [3.05, 3.63) is 132 Å². The molecule has 0 N–H and O–H groups in total. The van der Waals surface area contributed by atoms with Gasteiger partial charge in [-0.15, -0.1) is 0 Å². The van der Waals surface area contributed by atoms with Crippen LogP contribution in [-0.2, 0) is 19.2 Å². The third-order valence-corrected chi connectivity index (χ3v) is 5.91. The number of rotatable bonds is 12. The van der Waals surface area contributed by atoms with Crippen LogP contribution in [0.3, 0.4) is 0 Å². The Morgan fingerprint density at radius 1 is 0.413 bits per heavy atom. The number of benzene rings is 3. The van der Waals surface area contributed by atoms with Crippen molar-refractivity contribution in [2.24, 2.45) is 0 Å². The molecule has 0 radical (unpaired) electrons. The van der Waals surface area contributed by atoms with Crippen molar-refractivity contribution in [2.75, 3.05) is 0 Å². The van der Waals surface area contributed by atoms with E-state index < -0.39 is 23.9 Å². The smallest absolute Gasteiger partial charge is 0.338 e. The van der Waals surface area contributed by atoms with Gasteiger partial charge < -0.3 is 18.9 Å². The van der Waals surface area contributed by atoms with Crippen molar-refractivity contribution in [2.45, 2.75) is 27.7 Å². The van der Waals surface area contributed by atoms with E-state index in [9.17, 15) is 19.2 Å². The summed E-state index contributed by atoms with van der Waals surface area (Å²) in [6, 6.07) is 17.0. The molecule has 0 heterocycles. The van der Waals surface area contributed by atoms with E-state index in [2.05, 4.69) is 26.3 Å². The van der Waals surface area contributed by atoms with Crippen LogP contribution in [0.15, 0.2) is 109 Å². The van der Waals surface area contributed by atoms with E-state index in [0.29, 0.717) is 11.1 Å². The molecule has 46 heavy (non-hydrogen) atoms. The molecule has 0 aliphatic rings. The summed E-state index contributed by atoms with van der Waals surface area (Å²) in [5.74, 6) is -1.66. The molecule has 0 saturated heterocycles. The Balaban J connectivity index is 1.83. The standard InChI is InChI=1S/C38H34O8/c1-23(2)35(39)43-31-17-29(18-32(21-31)44-36(40)24(3)4)15-13-27-9-11-28(12-10-27)14-16-30-19-33(45-37(41)25(5)6)22-34(20-30)46-38(42)26(7)8/h9-22H,1,3,5,7H2,2,4,6,8H3/b15-13+,16-14+. The molecule has 0 aliphatic carbocycles. The first-order valence-corrected chi connectivity index (χ1v) is 14.0. The first-order chi connectivity index (χ1) is 21.7. The molecule has 0 spiro atoms. The van der Waals surface area contributed by atoms with Gasteiger partial charge in [0.15, 0.2) is 0 Å². The number of hydrogen-bond acceptors (Lipinski definition) is 8. The molecule has 8 heteroatoms. The van der Waals surface area contributed by atoms with E-state index in [1.807, 2.05) is 36.4 Å². The summed E-state index contributed by atoms with van der Waals surface area (Å²) in [5.41, 5.74) is 3.87. The van der Waals surface area contributed by atoms with Crippen LogP contribution in [0.2, 0.25) is 0 Å². The van der Waals surface area contributed by atoms with Crippen LogP contribution in [0, 0.1) is 0 Å². The number of esters is 4. The predicted molar refractivity (Wildman–Crippen MR) is 179 cm³/mol. The van der Waals surface area contributed by atoms with Crippen molar-refractivity contribution in [3.63, 3.8) is 0 Å². The van der Waals surface area contributed by atoms with Gasteiger partial charge in [-0.3, -0.25) is 0 Å². The molecule has 234 valence electrons. The SMILES string of the molecule is C=C(C)C(=O)Oc1cc(/C=C/c2ccc(/C=C/c3cc(OC(=O)C(=C)C)cc(OC(=O)C(=C)C)c3)cc2)cc(OC(=O)C(=C)C)c1. The number of hydrogen-bond donors (Lipinski definition) is 0. The average Bonchev–Trinajstić information content (AvgIpc) is 2.99. The van der Waals surface area contributed by atoms with Crippen LogP contribution in [0.25, 0.3) is 24.3 Å². The maximum absolute atomic E-state index is 12.1. The van der Waals surface area contributed by atoms with Crippen LogP contribution < -0.4 is 18.9 Å². The minimum Gasteiger partial charge on any atom is -0.423 e. The molecule has 3 rings (SSSR count). The van der Waals surface area contributed by atoms with Gasteiger partial charge in [0.2, 0.25) is 0 Å². The Hall–Kier alpha value is -6.02. The van der Waals surface area contributed by atoms with Gasteiger partial charge in [0.25, 0.3) is 0 Å². The number of carbonyl (C=O) groups is 4. The van der Waals surface area contributed by atoms with Gasteiger partial charge in [-0.1, -0.05) is 74.9 Å². The highest BCUT2D eigenvalue weighted by atomic mass is 16.6. The van der Waals surface area contributed by atoms with Crippen molar-refractivity contribution < 1.29 is 38.1 Å². The Morgan fingerprint density at radius 3 is 0.848 bits per heavy atom. The molecule has 3 aromatic rings. The van der Waals surface area contributed by atoms with Crippen molar-refractivity contribution in [3.8, 4) is 23.0 Å². The van der Waals surface area contributed by atoms with Crippen LogP contribution in [0.1, 0.15) is 49.9 Å². The topological polar surface area (TPSA) is 105 Å². The zero-order valence-corrected chi connectivity index (χ0v) is 26.2. The third kappa shape index (κ3) is 10.6.